The van der Waals surface area contributed by atoms with Gasteiger partial charge in [-0.15, -0.1) is 0 Å². The zero-order chi connectivity index (χ0) is 13.7. The summed E-state index contributed by atoms with van der Waals surface area (Å²) in [5.74, 6) is 2.19. The topological polar surface area (TPSA) is 44.5 Å². The lowest BCUT2D eigenvalue weighted by molar-refractivity contribution is 0.301. The molecule has 3 nitrogen and oxygen atoms in total. The number of hydrogen-bond donors (Lipinski definition) is 1. The van der Waals surface area contributed by atoms with Crippen molar-refractivity contribution in [2.75, 3.05) is 13.7 Å². The average molecular weight is 263 g/mol. The standard InChI is InChI=1S/C16H25NO2/c1-3-19-14-10-9-13(11-15(14)18-2)16(17)12-7-5-4-6-8-12/h9-12,16H,3-8,17H2,1-2H3/t16-/m0/s1. The van der Waals surface area contributed by atoms with Crippen molar-refractivity contribution in [3.8, 4) is 11.5 Å². The minimum absolute atomic E-state index is 0.116. The van der Waals surface area contributed by atoms with E-state index in [1.807, 2.05) is 19.1 Å². The summed E-state index contributed by atoms with van der Waals surface area (Å²) in [6.07, 6.45) is 6.47. The fraction of sp³-hybridized carbons (Fsp3) is 0.625. The molecule has 2 N–H and O–H groups in total. The van der Waals surface area contributed by atoms with Gasteiger partial charge in [-0.3, -0.25) is 0 Å². The molecule has 19 heavy (non-hydrogen) atoms. The van der Waals surface area contributed by atoms with Crippen molar-refractivity contribution >= 4 is 0 Å². The van der Waals surface area contributed by atoms with Crippen molar-refractivity contribution in [3.63, 3.8) is 0 Å². The molecule has 0 saturated heterocycles. The monoisotopic (exact) mass is 263 g/mol. The molecule has 1 aromatic rings. The van der Waals surface area contributed by atoms with Crippen molar-refractivity contribution < 1.29 is 9.47 Å². The molecule has 3 heteroatoms. The molecule has 0 aromatic heterocycles. The number of benzene rings is 1. The smallest absolute Gasteiger partial charge is 0.161 e. The Kier molecular flexibility index (Phi) is 5.08. The van der Waals surface area contributed by atoms with E-state index in [9.17, 15) is 0 Å². The van der Waals surface area contributed by atoms with Gasteiger partial charge >= 0.3 is 0 Å². The van der Waals surface area contributed by atoms with Gasteiger partial charge in [0.1, 0.15) is 0 Å². The second kappa shape index (κ2) is 6.80. The van der Waals surface area contributed by atoms with Crippen LogP contribution >= 0.6 is 0 Å². The summed E-state index contributed by atoms with van der Waals surface area (Å²) in [4.78, 5) is 0. The Morgan fingerprint density at radius 3 is 2.58 bits per heavy atom. The van der Waals surface area contributed by atoms with E-state index in [4.69, 9.17) is 15.2 Å². The highest BCUT2D eigenvalue weighted by Crippen LogP contribution is 2.36. The first-order valence-corrected chi connectivity index (χ1v) is 7.32. The van der Waals surface area contributed by atoms with Crippen LogP contribution in [-0.2, 0) is 0 Å². The van der Waals surface area contributed by atoms with Crippen LogP contribution < -0.4 is 15.2 Å². The van der Waals surface area contributed by atoms with Crippen molar-refractivity contribution in [2.45, 2.75) is 45.1 Å². The maximum atomic E-state index is 6.42. The molecule has 1 aromatic carbocycles. The molecule has 1 aliphatic rings. The SMILES string of the molecule is CCOc1ccc([C@@H](N)C2CCCCC2)cc1OC. The average Bonchev–Trinajstić information content (AvgIpc) is 2.48. The molecule has 2 rings (SSSR count). The van der Waals surface area contributed by atoms with Gasteiger partial charge in [0.15, 0.2) is 11.5 Å². The van der Waals surface area contributed by atoms with E-state index in [-0.39, 0.29) is 6.04 Å². The van der Waals surface area contributed by atoms with Crippen molar-refractivity contribution in [1.29, 1.82) is 0 Å². The van der Waals surface area contributed by atoms with Crippen molar-refractivity contribution in [2.24, 2.45) is 11.7 Å². The normalized spacial score (nSPS) is 18.1. The van der Waals surface area contributed by atoms with Crippen LogP contribution in [0.15, 0.2) is 18.2 Å². The van der Waals surface area contributed by atoms with Crippen molar-refractivity contribution in [3.05, 3.63) is 23.8 Å². The number of ether oxygens (including phenoxy) is 2. The summed E-state index contributed by atoms with van der Waals surface area (Å²) < 4.78 is 10.9. The molecule has 106 valence electrons. The van der Waals surface area contributed by atoms with Crippen LogP contribution in [0.3, 0.4) is 0 Å². The summed E-state index contributed by atoms with van der Waals surface area (Å²) in [6, 6.07) is 6.20. The Balaban J connectivity index is 2.14. The van der Waals surface area contributed by atoms with Gasteiger partial charge in [-0.25, -0.2) is 0 Å². The third-order valence-corrected chi connectivity index (χ3v) is 4.03. The van der Waals surface area contributed by atoms with Crippen molar-refractivity contribution in [1.82, 2.24) is 0 Å². The van der Waals surface area contributed by atoms with E-state index < -0.39 is 0 Å². The first kappa shape index (κ1) is 14.2. The fourth-order valence-electron chi connectivity index (χ4n) is 2.93. The van der Waals surface area contributed by atoms with Crippen LogP contribution in [0, 0.1) is 5.92 Å². The lowest BCUT2D eigenvalue weighted by Crippen LogP contribution is -2.23. The molecule has 0 spiro atoms. The number of nitrogens with two attached hydrogens (primary N) is 1. The van der Waals surface area contributed by atoms with Crippen LogP contribution in [0.4, 0.5) is 0 Å². The quantitative estimate of drug-likeness (QED) is 0.881. The Labute approximate surface area is 116 Å². The highest BCUT2D eigenvalue weighted by molar-refractivity contribution is 5.44. The minimum atomic E-state index is 0.116. The molecule has 0 radical (unpaired) electrons. The largest absolute Gasteiger partial charge is 0.493 e. The highest BCUT2D eigenvalue weighted by Gasteiger charge is 2.22. The molecular weight excluding hydrogens is 238 g/mol. The summed E-state index contributed by atoms with van der Waals surface area (Å²) in [7, 11) is 1.67. The van der Waals surface area contributed by atoms with Crippen LogP contribution in [0.2, 0.25) is 0 Å². The Hall–Kier alpha value is -1.22. The van der Waals surface area contributed by atoms with E-state index >= 15 is 0 Å². The van der Waals surface area contributed by atoms with Gasteiger partial charge in [0, 0.05) is 6.04 Å². The van der Waals surface area contributed by atoms with Crippen LogP contribution in [0.25, 0.3) is 0 Å². The van der Waals surface area contributed by atoms with E-state index in [1.165, 1.54) is 32.1 Å². The second-order valence-electron chi connectivity index (χ2n) is 5.27. The van der Waals surface area contributed by atoms with E-state index in [1.54, 1.807) is 7.11 Å². The van der Waals surface area contributed by atoms with E-state index in [0.717, 1.165) is 17.1 Å². The molecule has 0 amide bonds. The van der Waals surface area contributed by atoms with Gasteiger partial charge in [-0.1, -0.05) is 25.3 Å². The first-order chi connectivity index (χ1) is 9.26. The summed E-state index contributed by atoms with van der Waals surface area (Å²) in [6.45, 7) is 2.62. The van der Waals surface area contributed by atoms with Gasteiger partial charge in [-0.05, 0) is 43.4 Å². The molecule has 1 aliphatic carbocycles. The molecule has 0 unspecified atom stereocenters. The van der Waals surface area contributed by atoms with Gasteiger partial charge in [0.2, 0.25) is 0 Å². The second-order valence-corrected chi connectivity index (χ2v) is 5.27. The molecule has 0 bridgehead atoms. The Bertz CT molecular complexity index is 400. The van der Waals surface area contributed by atoms with Gasteiger partial charge in [0.25, 0.3) is 0 Å². The van der Waals surface area contributed by atoms with Crippen LogP contribution in [-0.4, -0.2) is 13.7 Å². The molecule has 0 heterocycles. The summed E-state index contributed by atoms with van der Waals surface area (Å²) in [5, 5.41) is 0. The first-order valence-electron chi connectivity index (χ1n) is 7.32. The molecule has 1 fully saturated rings. The van der Waals surface area contributed by atoms with Gasteiger partial charge in [-0.2, -0.15) is 0 Å². The highest BCUT2D eigenvalue weighted by atomic mass is 16.5. The van der Waals surface area contributed by atoms with E-state index in [2.05, 4.69) is 6.07 Å². The number of methoxy groups -OCH3 is 1. The minimum Gasteiger partial charge on any atom is -0.493 e. The zero-order valence-corrected chi connectivity index (χ0v) is 12.0. The maximum absolute atomic E-state index is 6.42. The summed E-state index contributed by atoms with van der Waals surface area (Å²) in [5.41, 5.74) is 7.58. The Morgan fingerprint density at radius 2 is 1.95 bits per heavy atom. The summed E-state index contributed by atoms with van der Waals surface area (Å²) >= 11 is 0. The maximum Gasteiger partial charge on any atom is 0.161 e. The molecular formula is C16H25NO2. The molecule has 1 saturated carbocycles. The van der Waals surface area contributed by atoms with Gasteiger partial charge in [0.05, 0.1) is 13.7 Å². The van der Waals surface area contributed by atoms with Gasteiger partial charge < -0.3 is 15.2 Å². The zero-order valence-electron chi connectivity index (χ0n) is 12.0. The van der Waals surface area contributed by atoms with Crippen LogP contribution in [0.5, 0.6) is 11.5 Å². The third kappa shape index (κ3) is 3.41. The predicted octanol–water partition coefficient (Wildman–Crippen LogP) is 3.67. The number of rotatable bonds is 5. The predicted molar refractivity (Wildman–Crippen MR) is 77.7 cm³/mol. The fourth-order valence-corrected chi connectivity index (χ4v) is 2.93. The Morgan fingerprint density at radius 1 is 1.21 bits per heavy atom. The molecule has 0 aliphatic heterocycles. The molecule has 1 atom stereocenters. The lowest BCUT2D eigenvalue weighted by Gasteiger charge is -2.28. The lowest BCUT2D eigenvalue weighted by atomic mass is 9.81. The number of hydrogen-bond acceptors (Lipinski definition) is 3. The third-order valence-electron chi connectivity index (χ3n) is 4.03. The van der Waals surface area contributed by atoms with Crippen LogP contribution in [0.1, 0.15) is 50.6 Å². The van der Waals surface area contributed by atoms with E-state index in [0.29, 0.717) is 12.5 Å².